The molecule has 0 aromatic heterocycles. The Morgan fingerprint density at radius 3 is 2.15 bits per heavy atom. The molecule has 0 aliphatic carbocycles. The van der Waals surface area contributed by atoms with Gasteiger partial charge in [-0.2, -0.15) is 0 Å². The maximum absolute atomic E-state index is 5.10. The molecule has 0 N–H and O–H groups in total. The van der Waals surface area contributed by atoms with Crippen molar-refractivity contribution in [1.82, 2.24) is 0 Å². The number of hydrogen-bond donors (Lipinski definition) is 0. The molecule has 0 nitrogen and oxygen atoms in total. The second kappa shape index (κ2) is 9.33. The van der Waals surface area contributed by atoms with Crippen molar-refractivity contribution in [3.05, 3.63) is 42.3 Å². The fraction of sp³-hybridized carbons (Fsp3) is 0.200. The van der Waals surface area contributed by atoms with Crippen molar-refractivity contribution < 1.29 is 92.9 Å². The van der Waals surface area contributed by atoms with E-state index in [0.717, 1.165) is 10.4 Å². The van der Waals surface area contributed by atoms with Crippen LogP contribution in [-0.2, 0) is 0 Å². The maximum atomic E-state index is 5.10. The van der Waals surface area contributed by atoms with Gasteiger partial charge in [-0.15, -0.1) is 6.42 Å². The summed E-state index contributed by atoms with van der Waals surface area (Å²) in [5.41, 5.74) is 2.39. The monoisotopic (exact) mass is 423 g/mol. The minimum Gasteiger partial charge on any atom is -1.00 e. The van der Waals surface area contributed by atoms with Gasteiger partial charge in [0, 0.05) is 0 Å². The summed E-state index contributed by atoms with van der Waals surface area (Å²) < 4.78 is 0. The normalized spacial score (nSPS) is 8.15. The van der Waals surface area contributed by atoms with Gasteiger partial charge in [-0.3, -0.25) is 0 Å². The van der Waals surface area contributed by atoms with E-state index in [0.29, 0.717) is 6.42 Å². The molecule has 13 heavy (non-hydrogen) atoms. The van der Waals surface area contributed by atoms with E-state index in [1.54, 1.807) is 0 Å². The van der Waals surface area contributed by atoms with Crippen LogP contribution in [0.4, 0.5) is 0 Å². The summed E-state index contributed by atoms with van der Waals surface area (Å²) in [5, 5.41) is 0. The Balaban J connectivity index is 0. The zero-order valence-corrected chi connectivity index (χ0v) is 17.3. The largest absolute Gasteiger partial charge is 1.00 e. The van der Waals surface area contributed by atoms with E-state index in [9.17, 15) is 0 Å². The zero-order valence-electron chi connectivity index (χ0n) is 8.01. The summed E-state index contributed by atoms with van der Waals surface area (Å²) >= 11 is 5.10. The van der Waals surface area contributed by atoms with Crippen molar-refractivity contribution in [3.63, 3.8) is 0 Å². The zero-order chi connectivity index (χ0) is 8.27. The van der Waals surface area contributed by atoms with Gasteiger partial charge in [0.2, 0.25) is 0 Å². The molecule has 0 bridgehead atoms. The van der Waals surface area contributed by atoms with E-state index < -0.39 is 0 Å². The average molecular weight is 423 g/mol. The Bertz CT molecular complexity index is 256. The molecule has 0 aliphatic heterocycles. The van der Waals surface area contributed by atoms with Crippen molar-refractivity contribution in [2.45, 2.75) is 13.3 Å². The molecule has 1 aromatic carbocycles. The first-order chi connectivity index (χ1) is 5.24. The van der Waals surface area contributed by atoms with Crippen LogP contribution in [0.3, 0.4) is 0 Å². The fourth-order valence-corrected chi connectivity index (χ4v) is 1.02. The molecule has 0 heterocycles. The second-order valence-corrected chi connectivity index (χ2v) is 3.03. The van der Waals surface area contributed by atoms with Gasteiger partial charge in [0.25, 0.3) is 0 Å². The SMILES string of the molecule is [CH2-]CC(=S)c1ccc(C)cc1.[Cs+].[I-]. The molecular weight excluding hydrogens is 412 g/mol. The minimum atomic E-state index is 0. The fourth-order valence-electron chi connectivity index (χ4n) is 0.884. The molecule has 0 saturated heterocycles. The first kappa shape index (κ1) is 17.5. The van der Waals surface area contributed by atoms with Gasteiger partial charge in [-0.1, -0.05) is 42.0 Å². The third kappa shape index (κ3) is 6.29. The topological polar surface area (TPSA) is 0 Å². The van der Waals surface area contributed by atoms with E-state index in [4.69, 9.17) is 12.2 Å². The third-order valence-electron chi connectivity index (χ3n) is 1.60. The van der Waals surface area contributed by atoms with Crippen LogP contribution < -0.4 is 92.9 Å². The second-order valence-electron chi connectivity index (χ2n) is 2.54. The molecule has 0 unspecified atom stereocenters. The molecule has 0 aliphatic rings. The number of halogens is 1. The maximum Gasteiger partial charge on any atom is 1.00 e. The quantitative estimate of drug-likeness (QED) is 0.211. The molecule has 0 atom stereocenters. The van der Waals surface area contributed by atoms with Gasteiger partial charge < -0.3 is 30.9 Å². The molecule has 1 aromatic rings. The van der Waals surface area contributed by atoms with Crippen LogP contribution >= 0.6 is 12.2 Å². The smallest absolute Gasteiger partial charge is 1.00 e. The number of hydrogen-bond acceptors (Lipinski definition) is 1. The van der Waals surface area contributed by atoms with Crippen molar-refractivity contribution in [2.75, 3.05) is 0 Å². The summed E-state index contributed by atoms with van der Waals surface area (Å²) in [6, 6.07) is 8.22. The van der Waals surface area contributed by atoms with E-state index in [2.05, 4.69) is 26.0 Å². The van der Waals surface area contributed by atoms with Gasteiger partial charge in [0.15, 0.2) is 0 Å². The molecule has 66 valence electrons. The molecule has 0 saturated carbocycles. The van der Waals surface area contributed by atoms with Crippen molar-refractivity contribution >= 4 is 17.1 Å². The summed E-state index contributed by atoms with van der Waals surface area (Å²) in [5.74, 6) is 0. The van der Waals surface area contributed by atoms with Crippen molar-refractivity contribution in [1.29, 1.82) is 0 Å². The van der Waals surface area contributed by atoms with E-state index >= 15 is 0 Å². The molecule has 0 amide bonds. The Morgan fingerprint density at radius 2 is 1.77 bits per heavy atom. The molecule has 0 radical (unpaired) electrons. The van der Waals surface area contributed by atoms with Gasteiger partial charge in [-0.05, 0) is 17.4 Å². The predicted octanol–water partition coefficient (Wildman–Crippen LogP) is -3.05. The van der Waals surface area contributed by atoms with Crippen LogP contribution in [-0.4, -0.2) is 4.86 Å². The molecule has 0 fully saturated rings. The molecular formula is C10H11CsIS-. The third-order valence-corrected chi connectivity index (χ3v) is 2.04. The Kier molecular flexibility index (Phi) is 12.5. The summed E-state index contributed by atoms with van der Waals surface area (Å²) in [7, 11) is 0. The standard InChI is InChI=1S/C10H11S.Cs.HI/c1-3-10(11)9-6-4-8(2)5-7-9;;/h4-7H,1,3H2,2H3;;1H/q-1;+1;/p-1. The Hall–Kier alpha value is 2.09. The molecule has 1 rings (SSSR count). The number of aryl methyl sites for hydroxylation is 1. The number of rotatable bonds is 2. The predicted molar refractivity (Wildman–Crippen MR) is 52.9 cm³/mol. The van der Waals surface area contributed by atoms with Crippen LogP contribution in [0.2, 0.25) is 0 Å². The first-order valence-electron chi connectivity index (χ1n) is 3.63. The minimum absolute atomic E-state index is 0. The summed E-state index contributed by atoms with van der Waals surface area (Å²) in [6.07, 6.45) is 0.707. The van der Waals surface area contributed by atoms with E-state index in [1.807, 2.05) is 12.1 Å². The summed E-state index contributed by atoms with van der Waals surface area (Å²) in [6.45, 7) is 5.81. The van der Waals surface area contributed by atoms with Crippen LogP contribution in [0.25, 0.3) is 0 Å². The first-order valence-corrected chi connectivity index (χ1v) is 4.04. The van der Waals surface area contributed by atoms with Gasteiger partial charge >= 0.3 is 68.9 Å². The van der Waals surface area contributed by atoms with Crippen LogP contribution in [0.1, 0.15) is 17.5 Å². The Labute approximate surface area is 162 Å². The average Bonchev–Trinajstić information content (AvgIpc) is 2.05. The molecule has 0 spiro atoms. The van der Waals surface area contributed by atoms with Crippen LogP contribution in [0.15, 0.2) is 24.3 Å². The van der Waals surface area contributed by atoms with Crippen LogP contribution in [0.5, 0.6) is 0 Å². The van der Waals surface area contributed by atoms with Gasteiger partial charge in [-0.25, -0.2) is 0 Å². The van der Waals surface area contributed by atoms with Crippen molar-refractivity contribution in [3.8, 4) is 0 Å². The van der Waals surface area contributed by atoms with Crippen LogP contribution in [0, 0.1) is 13.8 Å². The number of thiocarbonyl (C=S) groups is 1. The van der Waals surface area contributed by atoms with E-state index in [-0.39, 0.29) is 92.9 Å². The summed E-state index contributed by atoms with van der Waals surface area (Å²) in [4.78, 5) is 0.935. The van der Waals surface area contributed by atoms with E-state index in [1.165, 1.54) is 5.56 Å². The van der Waals surface area contributed by atoms with Gasteiger partial charge in [0.05, 0.1) is 0 Å². The van der Waals surface area contributed by atoms with Crippen molar-refractivity contribution in [2.24, 2.45) is 0 Å². The molecule has 3 heteroatoms. The Morgan fingerprint density at radius 1 is 1.31 bits per heavy atom. The van der Waals surface area contributed by atoms with Gasteiger partial charge in [0.1, 0.15) is 0 Å². The number of benzene rings is 1.